The lowest BCUT2D eigenvalue weighted by molar-refractivity contribution is 0.427. The second-order valence-corrected chi connectivity index (χ2v) is 5.52. The summed E-state index contributed by atoms with van der Waals surface area (Å²) >= 11 is 0. The molecule has 6 nitrogen and oxygen atoms in total. The standard InChI is InChI=1S/C20H13N5O/c21-14-15-6-8-16(9-7-15)17-10-12-19(13-11-17)26-20-22-23-24-25(20)18-4-2-1-3-5-18/h1-13H. The minimum absolute atomic E-state index is 0.294. The van der Waals surface area contributed by atoms with E-state index in [1.807, 2.05) is 66.7 Å². The highest BCUT2D eigenvalue weighted by Gasteiger charge is 2.10. The molecule has 0 saturated carbocycles. The van der Waals surface area contributed by atoms with Gasteiger partial charge in [-0.2, -0.15) is 9.94 Å². The van der Waals surface area contributed by atoms with Gasteiger partial charge in [0.1, 0.15) is 5.75 Å². The van der Waals surface area contributed by atoms with E-state index in [0.29, 0.717) is 17.3 Å². The van der Waals surface area contributed by atoms with E-state index in [1.54, 1.807) is 12.1 Å². The SMILES string of the molecule is N#Cc1ccc(-c2ccc(Oc3nnnn3-c3ccccc3)cc2)cc1. The lowest BCUT2D eigenvalue weighted by atomic mass is 10.0. The van der Waals surface area contributed by atoms with E-state index in [4.69, 9.17) is 10.00 Å². The predicted molar refractivity (Wildman–Crippen MR) is 95.8 cm³/mol. The van der Waals surface area contributed by atoms with Crippen molar-refractivity contribution in [3.8, 4) is 34.6 Å². The second kappa shape index (κ2) is 6.87. The van der Waals surface area contributed by atoms with Crippen molar-refractivity contribution in [1.29, 1.82) is 5.26 Å². The number of hydrogen-bond acceptors (Lipinski definition) is 5. The Hall–Kier alpha value is -3.98. The number of nitrogens with zero attached hydrogens (tertiary/aromatic N) is 5. The van der Waals surface area contributed by atoms with Crippen molar-refractivity contribution in [3.63, 3.8) is 0 Å². The van der Waals surface area contributed by atoms with Crippen molar-refractivity contribution in [2.45, 2.75) is 0 Å². The number of nitriles is 1. The molecule has 0 amide bonds. The number of ether oxygens (including phenoxy) is 1. The van der Waals surface area contributed by atoms with Crippen LogP contribution in [0.5, 0.6) is 11.8 Å². The van der Waals surface area contributed by atoms with Crippen molar-refractivity contribution in [1.82, 2.24) is 20.2 Å². The Labute approximate surface area is 149 Å². The average Bonchev–Trinajstić information content (AvgIpc) is 3.17. The van der Waals surface area contributed by atoms with Gasteiger partial charge >= 0.3 is 6.01 Å². The van der Waals surface area contributed by atoms with Gasteiger partial charge in [-0.1, -0.05) is 47.6 Å². The van der Waals surface area contributed by atoms with Gasteiger partial charge in [0.15, 0.2) is 0 Å². The van der Waals surface area contributed by atoms with Crippen LogP contribution in [-0.4, -0.2) is 20.2 Å². The maximum absolute atomic E-state index is 8.88. The van der Waals surface area contributed by atoms with E-state index < -0.39 is 0 Å². The lowest BCUT2D eigenvalue weighted by Crippen LogP contribution is -1.99. The highest BCUT2D eigenvalue weighted by molar-refractivity contribution is 5.65. The van der Waals surface area contributed by atoms with Crippen LogP contribution in [0.15, 0.2) is 78.9 Å². The molecule has 0 bridgehead atoms. The van der Waals surface area contributed by atoms with E-state index in [1.165, 1.54) is 4.68 Å². The van der Waals surface area contributed by atoms with Crippen LogP contribution >= 0.6 is 0 Å². The molecule has 0 atom stereocenters. The molecule has 0 radical (unpaired) electrons. The summed E-state index contributed by atoms with van der Waals surface area (Å²) < 4.78 is 7.35. The van der Waals surface area contributed by atoms with Crippen LogP contribution in [0.3, 0.4) is 0 Å². The van der Waals surface area contributed by atoms with Crippen LogP contribution in [0.2, 0.25) is 0 Å². The van der Waals surface area contributed by atoms with Gasteiger partial charge in [0, 0.05) is 0 Å². The first-order valence-electron chi connectivity index (χ1n) is 7.96. The molecule has 0 fully saturated rings. The first-order chi connectivity index (χ1) is 12.8. The Morgan fingerprint density at radius 3 is 2.12 bits per heavy atom. The molecule has 1 heterocycles. The summed E-state index contributed by atoms with van der Waals surface area (Å²) in [6, 6.07) is 27.0. The first-order valence-corrected chi connectivity index (χ1v) is 7.96. The molecule has 0 N–H and O–H groups in total. The normalized spacial score (nSPS) is 10.3. The minimum atomic E-state index is 0.294. The number of para-hydroxylation sites is 1. The molecule has 4 aromatic rings. The fourth-order valence-corrected chi connectivity index (χ4v) is 2.53. The second-order valence-electron chi connectivity index (χ2n) is 5.52. The zero-order valence-corrected chi connectivity index (χ0v) is 13.6. The molecule has 124 valence electrons. The van der Waals surface area contributed by atoms with E-state index >= 15 is 0 Å². The largest absolute Gasteiger partial charge is 0.423 e. The van der Waals surface area contributed by atoms with Crippen LogP contribution in [0.1, 0.15) is 5.56 Å². The molecular formula is C20H13N5O. The number of aromatic nitrogens is 4. The minimum Gasteiger partial charge on any atom is -0.423 e. The lowest BCUT2D eigenvalue weighted by Gasteiger charge is -2.07. The maximum atomic E-state index is 8.88. The molecule has 4 rings (SSSR count). The number of hydrogen-bond donors (Lipinski definition) is 0. The summed E-state index contributed by atoms with van der Waals surface area (Å²) in [6.07, 6.45) is 0. The van der Waals surface area contributed by atoms with Crippen molar-refractivity contribution < 1.29 is 4.74 Å². The van der Waals surface area contributed by atoms with Gasteiger partial charge in [0.2, 0.25) is 0 Å². The zero-order valence-electron chi connectivity index (χ0n) is 13.6. The third-order valence-corrected chi connectivity index (χ3v) is 3.85. The summed E-state index contributed by atoms with van der Waals surface area (Å²) in [4.78, 5) is 0. The zero-order chi connectivity index (χ0) is 17.8. The van der Waals surface area contributed by atoms with E-state index in [9.17, 15) is 0 Å². The van der Waals surface area contributed by atoms with E-state index in [-0.39, 0.29) is 0 Å². The van der Waals surface area contributed by atoms with Crippen molar-refractivity contribution in [2.75, 3.05) is 0 Å². The summed E-state index contributed by atoms with van der Waals surface area (Å²) in [5, 5.41) is 20.5. The number of benzene rings is 3. The Balaban J connectivity index is 1.55. The van der Waals surface area contributed by atoms with Crippen LogP contribution in [0, 0.1) is 11.3 Å². The first kappa shape index (κ1) is 15.5. The molecule has 0 unspecified atom stereocenters. The summed E-state index contributed by atoms with van der Waals surface area (Å²) in [6.45, 7) is 0. The van der Waals surface area contributed by atoms with Gasteiger partial charge in [-0.15, -0.1) is 0 Å². The Bertz CT molecular complexity index is 1050. The fourth-order valence-electron chi connectivity index (χ4n) is 2.53. The van der Waals surface area contributed by atoms with Gasteiger partial charge in [-0.3, -0.25) is 0 Å². The van der Waals surface area contributed by atoms with Crippen molar-refractivity contribution >= 4 is 0 Å². The topological polar surface area (TPSA) is 76.6 Å². The van der Waals surface area contributed by atoms with Crippen molar-refractivity contribution in [2.24, 2.45) is 0 Å². The molecule has 0 aliphatic rings. The van der Waals surface area contributed by atoms with Gasteiger partial charge in [0.05, 0.1) is 17.3 Å². The third kappa shape index (κ3) is 3.14. The maximum Gasteiger partial charge on any atom is 0.345 e. The van der Waals surface area contributed by atoms with E-state index in [2.05, 4.69) is 21.6 Å². The van der Waals surface area contributed by atoms with Crippen LogP contribution in [0.25, 0.3) is 16.8 Å². The Morgan fingerprint density at radius 2 is 1.46 bits per heavy atom. The highest BCUT2D eigenvalue weighted by Crippen LogP contribution is 2.25. The molecule has 26 heavy (non-hydrogen) atoms. The number of rotatable bonds is 4. The molecule has 0 spiro atoms. The molecular weight excluding hydrogens is 326 g/mol. The van der Waals surface area contributed by atoms with Crippen LogP contribution < -0.4 is 4.74 Å². The summed E-state index contributed by atoms with van der Waals surface area (Å²) in [5.41, 5.74) is 3.53. The van der Waals surface area contributed by atoms with E-state index in [0.717, 1.165) is 16.8 Å². The molecule has 3 aromatic carbocycles. The Kier molecular flexibility index (Phi) is 4.11. The van der Waals surface area contributed by atoms with Crippen LogP contribution in [0.4, 0.5) is 0 Å². The van der Waals surface area contributed by atoms with Gasteiger partial charge in [-0.05, 0) is 58.0 Å². The molecule has 0 aliphatic carbocycles. The van der Waals surface area contributed by atoms with Crippen LogP contribution in [-0.2, 0) is 0 Å². The summed E-state index contributed by atoms with van der Waals surface area (Å²) in [7, 11) is 0. The molecule has 6 heteroatoms. The molecule has 1 aromatic heterocycles. The van der Waals surface area contributed by atoms with Gasteiger partial charge in [0.25, 0.3) is 0 Å². The quantitative estimate of drug-likeness (QED) is 0.562. The fraction of sp³-hybridized carbons (Fsp3) is 0. The molecule has 0 aliphatic heterocycles. The highest BCUT2D eigenvalue weighted by atomic mass is 16.5. The third-order valence-electron chi connectivity index (χ3n) is 3.85. The smallest absolute Gasteiger partial charge is 0.345 e. The van der Waals surface area contributed by atoms with Gasteiger partial charge < -0.3 is 4.74 Å². The summed E-state index contributed by atoms with van der Waals surface area (Å²) in [5.74, 6) is 0.634. The Morgan fingerprint density at radius 1 is 0.808 bits per heavy atom. The van der Waals surface area contributed by atoms with Crippen molar-refractivity contribution in [3.05, 3.63) is 84.4 Å². The predicted octanol–water partition coefficient (Wildman–Crippen LogP) is 3.99. The van der Waals surface area contributed by atoms with Gasteiger partial charge in [-0.25, -0.2) is 0 Å². The average molecular weight is 339 g/mol. The number of tetrazole rings is 1. The molecule has 0 saturated heterocycles. The monoisotopic (exact) mass is 339 g/mol.